The van der Waals surface area contributed by atoms with Crippen LogP contribution in [0.15, 0.2) is 24.3 Å². The quantitative estimate of drug-likeness (QED) is 0.912. The number of rotatable bonds is 4. The van der Waals surface area contributed by atoms with Crippen LogP contribution in [0.2, 0.25) is 0 Å². The summed E-state index contributed by atoms with van der Waals surface area (Å²) >= 11 is 0. The van der Waals surface area contributed by atoms with E-state index >= 15 is 0 Å². The van der Waals surface area contributed by atoms with Crippen LogP contribution >= 0.6 is 0 Å². The van der Waals surface area contributed by atoms with Gasteiger partial charge in [0.1, 0.15) is 5.82 Å². The Labute approximate surface area is 120 Å². The van der Waals surface area contributed by atoms with Crippen molar-refractivity contribution >= 4 is 5.82 Å². The lowest BCUT2D eigenvalue weighted by Gasteiger charge is -2.11. The lowest BCUT2D eigenvalue weighted by molar-refractivity contribution is 0.977. The van der Waals surface area contributed by atoms with E-state index in [-0.39, 0.29) is 0 Å². The van der Waals surface area contributed by atoms with Crippen LogP contribution in [0.25, 0.3) is 11.4 Å². The van der Waals surface area contributed by atoms with Gasteiger partial charge in [0.05, 0.1) is 0 Å². The van der Waals surface area contributed by atoms with Gasteiger partial charge in [-0.2, -0.15) is 0 Å². The third kappa shape index (κ3) is 2.40. The highest BCUT2D eigenvalue weighted by atomic mass is 15.0. The lowest BCUT2D eigenvalue weighted by Crippen LogP contribution is -2.04. The summed E-state index contributed by atoms with van der Waals surface area (Å²) in [6, 6.07) is 8.75. The van der Waals surface area contributed by atoms with Gasteiger partial charge in [0, 0.05) is 23.9 Å². The highest BCUT2D eigenvalue weighted by molar-refractivity contribution is 5.60. The highest BCUT2D eigenvalue weighted by Gasteiger charge is 2.23. The van der Waals surface area contributed by atoms with Crippen molar-refractivity contribution in [2.45, 2.75) is 39.0 Å². The Balaban J connectivity index is 1.99. The normalized spacial score (nSPS) is 14.3. The maximum atomic E-state index is 4.71. The number of anilines is 1. The molecule has 20 heavy (non-hydrogen) atoms. The van der Waals surface area contributed by atoms with Crippen LogP contribution in [-0.4, -0.2) is 17.0 Å². The van der Waals surface area contributed by atoms with Crippen molar-refractivity contribution in [3.63, 3.8) is 0 Å². The smallest absolute Gasteiger partial charge is 0.161 e. The molecule has 1 N–H and O–H groups in total. The summed E-state index contributed by atoms with van der Waals surface area (Å²) in [6.45, 7) is 4.21. The van der Waals surface area contributed by atoms with E-state index < -0.39 is 0 Å². The molecule has 0 radical (unpaired) electrons. The molecule has 0 bridgehead atoms. The average Bonchev–Trinajstić information content (AvgIpc) is 3.32. The number of benzene rings is 1. The molecule has 0 atom stereocenters. The zero-order chi connectivity index (χ0) is 14.1. The van der Waals surface area contributed by atoms with E-state index in [1.54, 1.807) is 0 Å². The molecule has 2 aromatic rings. The fourth-order valence-corrected chi connectivity index (χ4v) is 2.60. The maximum Gasteiger partial charge on any atom is 0.161 e. The van der Waals surface area contributed by atoms with Crippen LogP contribution in [-0.2, 0) is 6.42 Å². The molecule has 0 amide bonds. The maximum absolute atomic E-state index is 4.71. The second-order valence-electron chi connectivity index (χ2n) is 5.47. The molecule has 3 nitrogen and oxygen atoms in total. The second-order valence-corrected chi connectivity index (χ2v) is 5.47. The Morgan fingerprint density at radius 2 is 1.85 bits per heavy atom. The van der Waals surface area contributed by atoms with Gasteiger partial charge in [-0.25, -0.2) is 9.97 Å². The highest BCUT2D eigenvalue weighted by Crippen LogP contribution is 2.40. The van der Waals surface area contributed by atoms with Crippen molar-refractivity contribution in [2.24, 2.45) is 0 Å². The predicted octanol–water partition coefficient (Wildman–Crippen LogP) is 3.93. The van der Waals surface area contributed by atoms with Gasteiger partial charge in [-0.15, -0.1) is 0 Å². The minimum atomic E-state index is 0.794. The first kappa shape index (κ1) is 13.1. The summed E-state index contributed by atoms with van der Waals surface area (Å²) in [5.74, 6) is 2.54. The molecule has 1 aromatic carbocycles. The van der Waals surface area contributed by atoms with Gasteiger partial charge in [0.25, 0.3) is 0 Å². The zero-order valence-corrected chi connectivity index (χ0v) is 12.4. The Kier molecular flexibility index (Phi) is 3.43. The van der Waals surface area contributed by atoms with Gasteiger partial charge in [-0.3, -0.25) is 0 Å². The Hall–Kier alpha value is -1.90. The summed E-state index contributed by atoms with van der Waals surface area (Å²) in [5, 5.41) is 3.17. The third-order valence-corrected chi connectivity index (χ3v) is 4.04. The van der Waals surface area contributed by atoms with Gasteiger partial charge in [-0.05, 0) is 37.7 Å². The molecule has 0 spiro atoms. The molecule has 104 valence electrons. The fraction of sp³-hybridized carbons (Fsp3) is 0.412. The third-order valence-electron chi connectivity index (χ3n) is 4.04. The molecule has 1 aliphatic carbocycles. The predicted molar refractivity (Wildman–Crippen MR) is 83.1 cm³/mol. The first-order valence-electron chi connectivity index (χ1n) is 7.38. The largest absolute Gasteiger partial charge is 0.373 e. The van der Waals surface area contributed by atoms with E-state index in [4.69, 9.17) is 4.98 Å². The van der Waals surface area contributed by atoms with Gasteiger partial charge >= 0.3 is 0 Å². The van der Waals surface area contributed by atoms with Crippen LogP contribution in [0.4, 0.5) is 5.82 Å². The zero-order valence-electron chi connectivity index (χ0n) is 12.4. The van der Waals surface area contributed by atoms with Crippen molar-refractivity contribution in [3.05, 3.63) is 41.1 Å². The number of nitrogens with zero attached hydrogens (tertiary/aromatic N) is 2. The monoisotopic (exact) mass is 267 g/mol. The van der Waals surface area contributed by atoms with Crippen LogP contribution in [0.3, 0.4) is 0 Å². The first-order valence-corrected chi connectivity index (χ1v) is 7.38. The lowest BCUT2D eigenvalue weighted by atomic mass is 10.1. The van der Waals surface area contributed by atoms with E-state index in [1.165, 1.54) is 18.4 Å². The molecule has 1 fully saturated rings. The van der Waals surface area contributed by atoms with Gasteiger partial charge < -0.3 is 5.32 Å². The Morgan fingerprint density at radius 1 is 1.15 bits per heavy atom. The van der Waals surface area contributed by atoms with Crippen molar-refractivity contribution in [3.8, 4) is 11.4 Å². The number of aromatic nitrogens is 2. The number of hydrogen-bond donors (Lipinski definition) is 1. The summed E-state index contributed by atoms with van der Waals surface area (Å²) in [6.07, 6.45) is 3.60. The Morgan fingerprint density at radius 3 is 2.40 bits per heavy atom. The molecule has 0 aliphatic heterocycles. The molecule has 1 aliphatic rings. The van der Waals surface area contributed by atoms with E-state index in [1.807, 2.05) is 7.05 Å². The molecular weight excluding hydrogens is 246 g/mol. The molecule has 3 heteroatoms. The molecule has 1 saturated carbocycles. The molecular formula is C17H21N3. The summed E-state index contributed by atoms with van der Waals surface area (Å²) in [7, 11) is 1.91. The van der Waals surface area contributed by atoms with Crippen LogP contribution in [0.1, 0.15) is 42.5 Å². The summed E-state index contributed by atoms with van der Waals surface area (Å²) in [5.41, 5.74) is 4.81. The standard InChI is InChI=1S/C17H21N3/c1-4-15-11(2)16(18-3)20-17(19-15)14-9-7-13(8-10-14)12-5-6-12/h7-10,12H,4-6H2,1-3H3,(H,18,19,20). The average molecular weight is 267 g/mol. The first-order chi connectivity index (χ1) is 9.72. The van der Waals surface area contributed by atoms with Gasteiger partial charge in [0.2, 0.25) is 0 Å². The van der Waals surface area contributed by atoms with Crippen molar-refractivity contribution in [2.75, 3.05) is 12.4 Å². The van der Waals surface area contributed by atoms with Crippen molar-refractivity contribution in [1.82, 2.24) is 9.97 Å². The van der Waals surface area contributed by atoms with Crippen LogP contribution < -0.4 is 5.32 Å². The van der Waals surface area contributed by atoms with Crippen molar-refractivity contribution < 1.29 is 0 Å². The van der Waals surface area contributed by atoms with Gasteiger partial charge in [-0.1, -0.05) is 31.2 Å². The van der Waals surface area contributed by atoms with Crippen LogP contribution in [0, 0.1) is 6.92 Å². The van der Waals surface area contributed by atoms with E-state index in [2.05, 4.69) is 48.4 Å². The minimum absolute atomic E-state index is 0.794. The Bertz CT molecular complexity index is 588. The summed E-state index contributed by atoms with van der Waals surface area (Å²) in [4.78, 5) is 9.35. The summed E-state index contributed by atoms with van der Waals surface area (Å²) < 4.78 is 0. The number of hydrogen-bond acceptors (Lipinski definition) is 3. The van der Waals surface area contributed by atoms with E-state index in [0.29, 0.717) is 0 Å². The van der Waals surface area contributed by atoms with Crippen molar-refractivity contribution in [1.29, 1.82) is 0 Å². The molecule has 1 aromatic heterocycles. The van der Waals surface area contributed by atoms with Gasteiger partial charge in [0.15, 0.2) is 5.82 Å². The van der Waals surface area contributed by atoms with E-state index in [0.717, 1.165) is 40.8 Å². The number of aryl methyl sites for hydroxylation is 1. The van der Waals surface area contributed by atoms with Crippen LogP contribution in [0.5, 0.6) is 0 Å². The topological polar surface area (TPSA) is 37.8 Å². The SMILES string of the molecule is CCc1nc(-c2ccc(C3CC3)cc2)nc(NC)c1C. The molecule has 0 unspecified atom stereocenters. The minimum Gasteiger partial charge on any atom is -0.373 e. The fourth-order valence-electron chi connectivity index (χ4n) is 2.60. The molecule has 1 heterocycles. The van der Waals surface area contributed by atoms with E-state index in [9.17, 15) is 0 Å². The molecule has 0 saturated heterocycles. The second kappa shape index (κ2) is 5.23. The molecule has 3 rings (SSSR count). The number of nitrogens with one attached hydrogen (secondary N) is 1.